The standard InChI is InChI=1S/C15H22Br2N2O2S/c1-12-5-9-19(10-6-12)8-2-7-18-22(20,21)15-11-13(16)3-4-14(15)17/h3-4,11-12,18H,2,5-10H2,1H3. The van der Waals surface area contributed by atoms with Gasteiger partial charge < -0.3 is 4.90 Å². The highest BCUT2D eigenvalue weighted by Crippen LogP contribution is 2.25. The average molecular weight is 454 g/mol. The highest BCUT2D eigenvalue weighted by molar-refractivity contribution is 9.11. The fourth-order valence-corrected chi connectivity index (χ4v) is 5.13. The minimum Gasteiger partial charge on any atom is -0.303 e. The maximum absolute atomic E-state index is 12.3. The fraction of sp³-hybridized carbons (Fsp3) is 0.600. The third-order valence-electron chi connectivity index (χ3n) is 4.00. The summed E-state index contributed by atoms with van der Waals surface area (Å²) in [5.41, 5.74) is 0. The van der Waals surface area contributed by atoms with Crippen molar-refractivity contribution in [1.29, 1.82) is 0 Å². The van der Waals surface area contributed by atoms with Crippen molar-refractivity contribution < 1.29 is 8.42 Å². The Balaban J connectivity index is 1.82. The third kappa shape index (κ3) is 5.30. The lowest BCUT2D eigenvalue weighted by molar-refractivity contribution is 0.191. The predicted octanol–water partition coefficient (Wildman–Crippen LogP) is 3.61. The summed E-state index contributed by atoms with van der Waals surface area (Å²) in [4.78, 5) is 2.69. The number of likely N-dealkylation sites (tertiary alicyclic amines) is 1. The van der Waals surface area contributed by atoms with E-state index in [2.05, 4.69) is 48.4 Å². The van der Waals surface area contributed by atoms with E-state index in [1.54, 1.807) is 18.2 Å². The van der Waals surface area contributed by atoms with Crippen molar-refractivity contribution in [1.82, 2.24) is 9.62 Å². The molecule has 124 valence electrons. The topological polar surface area (TPSA) is 49.4 Å². The van der Waals surface area contributed by atoms with Crippen LogP contribution in [0.5, 0.6) is 0 Å². The molecule has 0 amide bonds. The van der Waals surface area contributed by atoms with E-state index >= 15 is 0 Å². The Morgan fingerprint density at radius 2 is 1.95 bits per heavy atom. The van der Waals surface area contributed by atoms with Crippen LogP contribution in [0.2, 0.25) is 0 Å². The van der Waals surface area contributed by atoms with Gasteiger partial charge in [0.15, 0.2) is 0 Å². The maximum Gasteiger partial charge on any atom is 0.241 e. The zero-order valence-corrected chi connectivity index (χ0v) is 16.7. The molecule has 1 aliphatic rings. The SMILES string of the molecule is CC1CCN(CCCNS(=O)(=O)c2cc(Br)ccc2Br)CC1. The van der Waals surface area contributed by atoms with E-state index in [9.17, 15) is 8.42 Å². The van der Waals surface area contributed by atoms with Gasteiger partial charge >= 0.3 is 0 Å². The number of nitrogens with zero attached hydrogens (tertiary/aromatic N) is 1. The van der Waals surface area contributed by atoms with Crippen molar-refractivity contribution in [2.75, 3.05) is 26.2 Å². The number of sulfonamides is 1. The van der Waals surface area contributed by atoms with Gasteiger partial charge in [0, 0.05) is 15.5 Å². The predicted molar refractivity (Wildman–Crippen MR) is 96.5 cm³/mol. The second kappa shape index (κ2) is 8.24. The lowest BCUT2D eigenvalue weighted by Crippen LogP contribution is -2.35. The fourth-order valence-electron chi connectivity index (χ4n) is 2.56. The minimum absolute atomic E-state index is 0.272. The summed E-state index contributed by atoms with van der Waals surface area (Å²) in [6, 6.07) is 5.15. The van der Waals surface area contributed by atoms with E-state index in [4.69, 9.17) is 0 Å². The summed E-state index contributed by atoms with van der Waals surface area (Å²) in [6.45, 7) is 5.97. The number of piperidine rings is 1. The summed E-state index contributed by atoms with van der Waals surface area (Å²) >= 11 is 6.60. The van der Waals surface area contributed by atoms with E-state index < -0.39 is 10.0 Å². The van der Waals surface area contributed by atoms with Gasteiger partial charge in [0.2, 0.25) is 10.0 Å². The monoisotopic (exact) mass is 452 g/mol. The molecule has 22 heavy (non-hydrogen) atoms. The van der Waals surface area contributed by atoms with Crippen molar-refractivity contribution >= 4 is 41.9 Å². The molecule has 7 heteroatoms. The first-order chi connectivity index (χ1) is 10.4. The van der Waals surface area contributed by atoms with Crippen molar-refractivity contribution in [3.8, 4) is 0 Å². The van der Waals surface area contributed by atoms with Gasteiger partial charge in [0.05, 0.1) is 4.90 Å². The Kier molecular flexibility index (Phi) is 6.89. The van der Waals surface area contributed by atoms with Crippen LogP contribution in [0.25, 0.3) is 0 Å². The molecular formula is C15H22Br2N2O2S. The molecule has 1 fully saturated rings. The Morgan fingerprint density at radius 3 is 2.64 bits per heavy atom. The largest absolute Gasteiger partial charge is 0.303 e. The van der Waals surface area contributed by atoms with Crippen LogP contribution in [0, 0.1) is 5.92 Å². The van der Waals surface area contributed by atoms with Crippen molar-refractivity contribution in [3.05, 3.63) is 27.1 Å². The minimum atomic E-state index is -3.47. The van der Waals surface area contributed by atoms with Crippen LogP contribution in [0.3, 0.4) is 0 Å². The lowest BCUT2D eigenvalue weighted by Gasteiger charge is -2.30. The smallest absolute Gasteiger partial charge is 0.241 e. The number of nitrogens with one attached hydrogen (secondary N) is 1. The Labute approximate surface area is 150 Å². The van der Waals surface area contributed by atoms with Crippen LogP contribution in [0.15, 0.2) is 32.0 Å². The first-order valence-electron chi connectivity index (χ1n) is 7.55. The molecule has 0 saturated carbocycles. The average Bonchev–Trinajstić information content (AvgIpc) is 2.48. The van der Waals surface area contributed by atoms with Gasteiger partial charge in [0.1, 0.15) is 0 Å². The first-order valence-corrected chi connectivity index (χ1v) is 10.6. The Hall–Kier alpha value is 0.0500. The zero-order chi connectivity index (χ0) is 16.2. The molecule has 0 bridgehead atoms. The molecule has 0 spiro atoms. The summed E-state index contributed by atoms with van der Waals surface area (Å²) in [5.74, 6) is 0.823. The van der Waals surface area contributed by atoms with Gasteiger partial charge in [-0.25, -0.2) is 13.1 Å². The lowest BCUT2D eigenvalue weighted by atomic mass is 9.99. The van der Waals surface area contributed by atoms with Crippen molar-refractivity contribution in [3.63, 3.8) is 0 Å². The van der Waals surface area contributed by atoms with E-state index in [0.29, 0.717) is 11.0 Å². The second-order valence-electron chi connectivity index (χ2n) is 5.85. The van der Waals surface area contributed by atoms with Gasteiger partial charge in [-0.15, -0.1) is 0 Å². The van der Waals surface area contributed by atoms with E-state index in [1.807, 2.05) is 0 Å². The van der Waals surface area contributed by atoms with Crippen LogP contribution in [0.1, 0.15) is 26.2 Å². The molecule has 0 aromatic heterocycles. The molecule has 1 saturated heterocycles. The molecule has 1 heterocycles. The molecule has 4 nitrogen and oxygen atoms in total. The number of rotatable bonds is 6. The van der Waals surface area contributed by atoms with Gasteiger partial charge in [-0.1, -0.05) is 22.9 Å². The van der Waals surface area contributed by atoms with Crippen molar-refractivity contribution in [2.45, 2.75) is 31.1 Å². The normalized spacial score (nSPS) is 17.8. The van der Waals surface area contributed by atoms with Crippen LogP contribution >= 0.6 is 31.9 Å². The quantitative estimate of drug-likeness (QED) is 0.669. The summed E-state index contributed by atoms with van der Waals surface area (Å²) in [6.07, 6.45) is 3.33. The van der Waals surface area contributed by atoms with E-state index in [0.717, 1.165) is 36.4 Å². The van der Waals surface area contributed by atoms with Crippen LogP contribution in [-0.2, 0) is 10.0 Å². The second-order valence-corrected chi connectivity index (χ2v) is 9.36. The van der Waals surface area contributed by atoms with Gasteiger partial charge in [0.25, 0.3) is 0 Å². The maximum atomic E-state index is 12.3. The van der Waals surface area contributed by atoms with Gasteiger partial charge in [-0.3, -0.25) is 0 Å². The number of hydrogen-bond acceptors (Lipinski definition) is 3. The highest BCUT2D eigenvalue weighted by Gasteiger charge is 2.18. The van der Waals surface area contributed by atoms with Crippen molar-refractivity contribution in [2.24, 2.45) is 5.92 Å². The molecule has 1 aliphatic heterocycles. The first kappa shape index (κ1) is 18.4. The number of hydrogen-bond donors (Lipinski definition) is 1. The molecule has 0 atom stereocenters. The molecule has 0 radical (unpaired) electrons. The molecule has 0 aliphatic carbocycles. The van der Waals surface area contributed by atoms with Crippen LogP contribution in [0.4, 0.5) is 0 Å². The van der Waals surface area contributed by atoms with Gasteiger partial charge in [-0.05, 0) is 78.9 Å². The third-order valence-corrected chi connectivity index (χ3v) is 6.95. The molecule has 1 aromatic rings. The Morgan fingerprint density at radius 1 is 1.27 bits per heavy atom. The molecule has 1 N–H and O–H groups in total. The van der Waals surface area contributed by atoms with E-state index in [-0.39, 0.29) is 4.90 Å². The molecule has 2 rings (SSSR count). The van der Waals surface area contributed by atoms with Crippen LogP contribution in [-0.4, -0.2) is 39.5 Å². The summed E-state index contributed by atoms with van der Waals surface area (Å²) in [7, 11) is -3.47. The molecular weight excluding hydrogens is 432 g/mol. The molecule has 1 aromatic carbocycles. The summed E-state index contributed by atoms with van der Waals surface area (Å²) in [5, 5.41) is 0. The van der Waals surface area contributed by atoms with E-state index in [1.165, 1.54) is 12.8 Å². The molecule has 0 unspecified atom stereocenters. The number of halogens is 2. The van der Waals surface area contributed by atoms with Gasteiger partial charge in [-0.2, -0.15) is 0 Å². The highest BCUT2D eigenvalue weighted by atomic mass is 79.9. The number of benzene rings is 1. The summed E-state index contributed by atoms with van der Waals surface area (Å²) < 4.78 is 28.7. The van der Waals surface area contributed by atoms with Crippen LogP contribution < -0.4 is 4.72 Å². The zero-order valence-electron chi connectivity index (χ0n) is 12.7. The Bertz CT molecular complexity index is 600.